The first-order valence-corrected chi connectivity index (χ1v) is 5.44. The number of phenols is 1. The summed E-state index contributed by atoms with van der Waals surface area (Å²) in [4.78, 5) is 10.7. The Morgan fingerprint density at radius 1 is 1.50 bits per heavy atom. The van der Waals surface area contributed by atoms with Gasteiger partial charge < -0.3 is 10.2 Å². The van der Waals surface area contributed by atoms with Gasteiger partial charge in [0.1, 0.15) is 11.6 Å². The predicted octanol–water partition coefficient (Wildman–Crippen LogP) is 3.05. The number of benzene rings is 1. The highest BCUT2D eigenvalue weighted by Crippen LogP contribution is 2.36. The molecular weight excluding hydrogens is 279 g/mol. The Bertz CT molecular complexity index is 429. The fraction of sp³-hybridized carbons (Fsp3) is 0.364. The maximum Gasteiger partial charge on any atom is 0.304 e. The molecule has 0 spiro atoms. The lowest BCUT2D eigenvalue weighted by molar-refractivity contribution is -0.138. The van der Waals surface area contributed by atoms with Gasteiger partial charge in [-0.15, -0.1) is 0 Å². The Labute approximate surface area is 101 Å². The molecule has 0 aromatic heterocycles. The van der Waals surface area contributed by atoms with Gasteiger partial charge in [-0.25, -0.2) is 4.39 Å². The maximum atomic E-state index is 13.8. The first-order valence-electron chi connectivity index (χ1n) is 4.65. The standard InChI is InChI=1S/C11H12BrFO3/c1-11(2,5-8(15)16)6-3-4-7(14)9(12)10(6)13/h3-4,14H,5H2,1-2H3,(H,15,16). The van der Waals surface area contributed by atoms with Crippen LogP contribution in [0.3, 0.4) is 0 Å². The summed E-state index contributed by atoms with van der Waals surface area (Å²) in [6, 6.07) is 2.74. The van der Waals surface area contributed by atoms with E-state index in [4.69, 9.17) is 5.11 Å². The van der Waals surface area contributed by atoms with E-state index in [-0.39, 0.29) is 22.2 Å². The molecule has 1 aromatic rings. The second-order valence-corrected chi connectivity index (χ2v) is 5.01. The van der Waals surface area contributed by atoms with Gasteiger partial charge in [-0.05, 0) is 27.6 Å². The van der Waals surface area contributed by atoms with E-state index in [1.54, 1.807) is 13.8 Å². The number of carboxylic acids is 1. The zero-order valence-corrected chi connectivity index (χ0v) is 10.5. The molecule has 2 N–H and O–H groups in total. The minimum Gasteiger partial charge on any atom is -0.507 e. The highest BCUT2D eigenvalue weighted by atomic mass is 79.9. The van der Waals surface area contributed by atoms with Gasteiger partial charge in [0.25, 0.3) is 0 Å². The molecule has 0 fully saturated rings. The van der Waals surface area contributed by atoms with Crippen molar-refractivity contribution < 1.29 is 19.4 Å². The number of carbonyl (C=O) groups is 1. The largest absolute Gasteiger partial charge is 0.507 e. The lowest BCUT2D eigenvalue weighted by Gasteiger charge is -2.24. The molecule has 0 saturated carbocycles. The summed E-state index contributed by atoms with van der Waals surface area (Å²) in [5, 5.41) is 18.0. The summed E-state index contributed by atoms with van der Waals surface area (Å²) in [7, 11) is 0. The second-order valence-electron chi connectivity index (χ2n) is 4.21. The molecule has 3 nitrogen and oxygen atoms in total. The average molecular weight is 291 g/mol. The second kappa shape index (κ2) is 4.41. The van der Waals surface area contributed by atoms with Gasteiger partial charge in [0.2, 0.25) is 0 Å². The summed E-state index contributed by atoms with van der Waals surface area (Å²) < 4.78 is 13.8. The van der Waals surface area contributed by atoms with Gasteiger partial charge in [-0.2, -0.15) is 0 Å². The van der Waals surface area contributed by atoms with Gasteiger partial charge in [-0.1, -0.05) is 19.9 Å². The molecule has 16 heavy (non-hydrogen) atoms. The third kappa shape index (κ3) is 2.52. The molecular formula is C11H12BrFO3. The van der Waals surface area contributed by atoms with Crippen molar-refractivity contribution >= 4 is 21.9 Å². The Kier molecular flexibility index (Phi) is 3.57. The molecule has 0 aliphatic carbocycles. The minimum atomic E-state index is -0.992. The van der Waals surface area contributed by atoms with Gasteiger partial charge in [0.15, 0.2) is 0 Å². The number of carboxylic acid groups (broad SMARTS) is 1. The van der Waals surface area contributed by atoms with Crippen molar-refractivity contribution in [2.75, 3.05) is 0 Å². The Balaban J connectivity index is 3.23. The Morgan fingerprint density at radius 2 is 2.06 bits per heavy atom. The van der Waals surface area contributed by atoms with Crippen molar-refractivity contribution in [3.8, 4) is 5.75 Å². The van der Waals surface area contributed by atoms with E-state index in [1.807, 2.05) is 0 Å². The van der Waals surface area contributed by atoms with Gasteiger partial charge >= 0.3 is 5.97 Å². The van der Waals surface area contributed by atoms with Gasteiger partial charge in [0, 0.05) is 5.41 Å². The van der Waals surface area contributed by atoms with E-state index >= 15 is 0 Å². The molecule has 88 valence electrons. The topological polar surface area (TPSA) is 57.5 Å². The van der Waals surface area contributed by atoms with Gasteiger partial charge in [-0.3, -0.25) is 4.79 Å². The van der Waals surface area contributed by atoms with Crippen molar-refractivity contribution in [2.45, 2.75) is 25.7 Å². The number of rotatable bonds is 3. The molecule has 5 heteroatoms. The predicted molar refractivity (Wildman–Crippen MR) is 61.0 cm³/mol. The highest BCUT2D eigenvalue weighted by Gasteiger charge is 2.28. The van der Waals surface area contributed by atoms with Crippen LogP contribution in [-0.4, -0.2) is 16.2 Å². The summed E-state index contributed by atoms with van der Waals surface area (Å²) in [6.45, 7) is 3.28. The van der Waals surface area contributed by atoms with Crippen molar-refractivity contribution in [3.63, 3.8) is 0 Å². The van der Waals surface area contributed by atoms with E-state index in [0.717, 1.165) is 0 Å². The minimum absolute atomic E-state index is 0.0385. The molecule has 0 saturated heterocycles. The van der Waals surface area contributed by atoms with Crippen LogP contribution >= 0.6 is 15.9 Å². The van der Waals surface area contributed by atoms with Crippen molar-refractivity contribution in [1.82, 2.24) is 0 Å². The lowest BCUT2D eigenvalue weighted by Crippen LogP contribution is -2.23. The SMILES string of the molecule is CC(C)(CC(=O)O)c1ccc(O)c(Br)c1F. The first kappa shape index (κ1) is 13.0. The molecule has 0 radical (unpaired) electrons. The van der Waals surface area contributed by atoms with E-state index in [1.165, 1.54) is 12.1 Å². The fourth-order valence-electron chi connectivity index (χ4n) is 1.54. The summed E-state index contributed by atoms with van der Waals surface area (Å²) >= 11 is 2.92. The normalized spacial score (nSPS) is 11.5. The Hall–Kier alpha value is -1.10. The fourth-order valence-corrected chi connectivity index (χ4v) is 1.88. The number of aliphatic carboxylic acids is 1. The van der Waals surface area contributed by atoms with Crippen molar-refractivity contribution in [3.05, 3.63) is 28.0 Å². The molecule has 0 amide bonds. The molecule has 0 atom stereocenters. The third-order valence-corrected chi connectivity index (χ3v) is 3.14. The van der Waals surface area contributed by atoms with E-state index in [9.17, 15) is 14.3 Å². The van der Waals surface area contributed by atoms with Crippen LogP contribution in [0.2, 0.25) is 0 Å². The van der Waals surface area contributed by atoms with Crippen molar-refractivity contribution in [2.24, 2.45) is 0 Å². The third-order valence-electron chi connectivity index (χ3n) is 2.38. The number of hydrogen-bond acceptors (Lipinski definition) is 2. The van der Waals surface area contributed by atoms with Crippen LogP contribution in [0.25, 0.3) is 0 Å². The van der Waals surface area contributed by atoms with Crippen LogP contribution in [0.15, 0.2) is 16.6 Å². The smallest absolute Gasteiger partial charge is 0.304 e. The molecule has 0 heterocycles. The summed E-state index contributed by atoms with van der Waals surface area (Å²) in [6.07, 6.45) is -0.179. The van der Waals surface area contributed by atoms with Crippen LogP contribution < -0.4 is 0 Å². The van der Waals surface area contributed by atoms with Crippen LogP contribution in [0.1, 0.15) is 25.8 Å². The summed E-state index contributed by atoms with van der Waals surface area (Å²) in [5.41, 5.74) is -0.564. The van der Waals surface area contributed by atoms with Crippen LogP contribution in [0, 0.1) is 5.82 Å². The number of halogens is 2. The average Bonchev–Trinajstić information content (AvgIpc) is 2.11. The molecule has 0 unspecified atom stereocenters. The zero-order chi connectivity index (χ0) is 12.5. The quantitative estimate of drug-likeness (QED) is 0.900. The molecule has 1 rings (SSSR count). The van der Waals surface area contributed by atoms with Crippen LogP contribution in [0.4, 0.5) is 4.39 Å². The molecule has 0 bridgehead atoms. The van der Waals surface area contributed by atoms with E-state index < -0.39 is 17.2 Å². The van der Waals surface area contributed by atoms with E-state index in [0.29, 0.717) is 0 Å². The molecule has 0 aliphatic heterocycles. The van der Waals surface area contributed by atoms with E-state index in [2.05, 4.69) is 15.9 Å². The van der Waals surface area contributed by atoms with Crippen LogP contribution in [0.5, 0.6) is 5.75 Å². The first-order chi connectivity index (χ1) is 7.25. The van der Waals surface area contributed by atoms with Crippen LogP contribution in [-0.2, 0) is 10.2 Å². The number of phenolic OH excluding ortho intramolecular Hbond substituents is 1. The lowest BCUT2D eigenvalue weighted by atomic mass is 9.81. The monoisotopic (exact) mass is 290 g/mol. The maximum absolute atomic E-state index is 13.8. The Morgan fingerprint density at radius 3 is 2.56 bits per heavy atom. The number of aromatic hydroxyl groups is 1. The molecule has 1 aromatic carbocycles. The zero-order valence-electron chi connectivity index (χ0n) is 8.92. The molecule has 0 aliphatic rings. The summed E-state index contributed by atoms with van der Waals surface area (Å²) in [5.74, 6) is -1.81. The van der Waals surface area contributed by atoms with Crippen molar-refractivity contribution in [1.29, 1.82) is 0 Å². The highest BCUT2D eigenvalue weighted by molar-refractivity contribution is 9.10. The number of hydrogen-bond donors (Lipinski definition) is 2. The van der Waals surface area contributed by atoms with Gasteiger partial charge in [0.05, 0.1) is 10.9 Å².